The van der Waals surface area contributed by atoms with E-state index in [1.54, 1.807) is 12.1 Å². The molecular weight excluding hydrogens is 272 g/mol. The van der Waals surface area contributed by atoms with Crippen molar-refractivity contribution < 1.29 is 24.7 Å². The minimum Gasteiger partial charge on any atom is -0.392 e. The van der Waals surface area contributed by atoms with Crippen LogP contribution >= 0.6 is 0 Å². The molecular formula is C16H22O5. The van der Waals surface area contributed by atoms with Crippen molar-refractivity contribution in [2.24, 2.45) is 5.92 Å². The number of ether oxygens (including phenoxy) is 1. The Morgan fingerprint density at radius 1 is 1.29 bits per heavy atom. The van der Waals surface area contributed by atoms with Crippen LogP contribution in [0.4, 0.5) is 0 Å². The molecule has 0 amide bonds. The van der Waals surface area contributed by atoms with Gasteiger partial charge in [0.2, 0.25) is 6.29 Å². The topological polar surface area (TPSA) is 68.2 Å². The van der Waals surface area contributed by atoms with Crippen LogP contribution in [0.1, 0.15) is 29.5 Å². The molecule has 1 heterocycles. The standard InChI is InChI=1S/C16H22O5/c1-3-12-4-5-15(19-10-12)20-21-16-13(8-17)6-11(2)7-14(16)9-18/h3,6-7,12,15,17-18H,1,4-5,8-10H2,2H3. The summed E-state index contributed by atoms with van der Waals surface area (Å²) in [6.45, 7) is 5.83. The predicted molar refractivity (Wildman–Crippen MR) is 77.4 cm³/mol. The highest BCUT2D eigenvalue weighted by Gasteiger charge is 2.22. The summed E-state index contributed by atoms with van der Waals surface area (Å²) in [6, 6.07) is 3.60. The van der Waals surface area contributed by atoms with Crippen LogP contribution in [-0.2, 0) is 22.8 Å². The average Bonchev–Trinajstić information content (AvgIpc) is 2.53. The minimum absolute atomic E-state index is 0.183. The van der Waals surface area contributed by atoms with Gasteiger partial charge in [0.25, 0.3) is 0 Å². The van der Waals surface area contributed by atoms with Gasteiger partial charge in [-0.3, -0.25) is 0 Å². The average molecular weight is 294 g/mol. The Kier molecular flexibility index (Phi) is 5.76. The van der Waals surface area contributed by atoms with Crippen molar-refractivity contribution in [3.63, 3.8) is 0 Å². The van der Waals surface area contributed by atoms with Crippen molar-refractivity contribution in [2.75, 3.05) is 6.61 Å². The number of hydrogen-bond acceptors (Lipinski definition) is 5. The lowest BCUT2D eigenvalue weighted by atomic mass is 10.0. The van der Waals surface area contributed by atoms with Gasteiger partial charge in [0.1, 0.15) is 0 Å². The van der Waals surface area contributed by atoms with Gasteiger partial charge >= 0.3 is 0 Å². The van der Waals surface area contributed by atoms with Crippen molar-refractivity contribution in [1.82, 2.24) is 0 Å². The fourth-order valence-corrected chi connectivity index (χ4v) is 2.38. The number of aliphatic hydroxyl groups is 2. The van der Waals surface area contributed by atoms with E-state index in [0.29, 0.717) is 35.8 Å². The Balaban J connectivity index is 2.01. The molecule has 5 heteroatoms. The van der Waals surface area contributed by atoms with Gasteiger partial charge in [0.15, 0.2) is 5.75 Å². The zero-order valence-electron chi connectivity index (χ0n) is 12.2. The van der Waals surface area contributed by atoms with E-state index >= 15 is 0 Å². The lowest BCUT2D eigenvalue weighted by Gasteiger charge is -2.26. The highest BCUT2D eigenvalue weighted by atomic mass is 17.2. The van der Waals surface area contributed by atoms with E-state index in [1.807, 2.05) is 13.0 Å². The van der Waals surface area contributed by atoms with E-state index in [2.05, 4.69) is 6.58 Å². The first-order chi connectivity index (χ1) is 10.2. The third-order valence-electron chi connectivity index (χ3n) is 3.57. The molecule has 21 heavy (non-hydrogen) atoms. The molecule has 1 aromatic rings. The Morgan fingerprint density at radius 3 is 2.43 bits per heavy atom. The van der Waals surface area contributed by atoms with Crippen LogP contribution in [0.25, 0.3) is 0 Å². The highest BCUT2D eigenvalue weighted by molar-refractivity contribution is 5.43. The van der Waals surface area contributed by atoms with Crippen LogP contribution in [0.15, 0.2) is 24.8 Å². The molecule has 2 atom stereocenters. The van der Waals surface area contributed by atoms with E-state index < -0.39 is 6.29 Å². The lowest BCUT2D eigenvalue weighted by molar-refractivity contribution is -0.330. The van der Waals surface area contributed by atoms with Crippen LogP contribution in [0.5, 0.6) is 5.75 Å². The van der Waals surface area contributed by atoms with Crippen LogP contribution in [0, 0.1) is 12.8 Å². The molecule has 0 bridgehead atoms. The maximum absolute atomic E-state index is 9.41. The lowest BCUT2D eigenvalue weighted by Crippen LogP contribution is -2.28. The number of hydrogen-bond donors (Lipinski definition) is 2. The van der Waals surface area contributed by atoms with Crippen LogP contribution < -0.4 is 4.89 Å². The van der Waals surface area contributed by atoms with Gasteiger partial charge in [0, 0.05) is 23.5 Å². The van der Waals surface area contributed by atoms with Gasteiger partial charge in [-0.1, -0.05) is 11.6 Å². The normalized spacial score (nSPS) is 22.0. The summed E-state index contributed by atoms with van der Waals surface area (Å²) < 4.78 is 5.53. The van der Waals surface area contributed by atoms with Gasteiger partial charge in [0.05, 0.1) is 19.8 Å². The molecule has 0 saturated carbocycles. The summed E-state index contributed by atoms with van der Waals surface area (Å²) in [7, 11) is 0. The quantitative estimate of drug-likeness (QED) is 0.478. The van der Waals surface area contributed by atoms with Gasteiger partial charge in [-0.15, -0.1) is 6.58 Å². The largest absolute Gasteiger partial charge is 0.392 e. The summed E-state index contributed by atoms with van der Waals surface area (Å²) in [4.78, 5) is 10.7. The minimum atomic E-state index is -0.444. The van der Waals surface area contributed by atoms with Crippen LogP contribution in [0.2, 0.25) is 0 Å². The van der Waals surface area contributed by atoms with Crippen molar-refractivity contribution >= 4 is 0 Å². The molecule has 2 unspecified atom stereocenters. The highest BCUT2D eigenvalue weighted by Crippen LogP contribution is 2.28. The van der Waals surface area contributed by atoms with E-state index in [-0.39, 0.29) is 13.2 Å². The molecule has 1 fully saturated rings. The fraction of sp³-hybridized carbons (Fsp3) is 0.500. The molecule has 5 nitrogen and oxygen atoms in total. The Bertz CT molecular complexity index is 453. The number of aliphatic hydroxyl groups excluding tert-OH is 2. The van der Waals surface area contributed by atoms with Gasteiger partial charge in [-0.05, 0) is 25.5 Å². The van der Waals surface area contributed by atoms with Crippen molar-refractivity contribution in [3.05, 3.63) is 41.5 Å². The van der Waals surface area contributed by atoms with Gasteiger partial charge in [-0.25, -0.2) is 0 Å². The summed E-state index contributed by atoms with van der Waals surface area (Å²) in [5.41, 5.74) is 2.11. The molecule has 0 radical (unpaired) electrons. The Hall–Kier alpha value is -1.40. The van der Waals surface area contributed by atoms with Crippen LogP contribution in [0.3, 0.4) is 0 Å². The molecule has 0 aromatic heterocycles. The molecule has 1 aliphatic heterocycles. The van der Waals surface area contributed by atoms with Crippen molar-refractivity contribution in [3.8, 4) is 5.75 Å². The van der Waals surface area contributed by atoms with E-state index in [1.165, 1.54) is 0 Å². The molecule has 116 valence electrons. The maximum atomic E-state index is 9.41. The molecule has 1 saturated heterocycles. The smallest absolute Gasteiger partial charge is 0.203 e. The van der Waals surface area contributed by atoms with E-state index in [9.17, 15) is 10.2 Å². The zero-order chi connectivity index (χ0) is 15.2. The molecule has 1 aromatic carbocycles. The molecule has 0 aliphatic carbocycles. The molecule has 0 spiro atoms. The second-order valence-electron chi connectivity index (χ2n) is 5.24. The maximum Gasteiger partial charge on any atom is 0.203 e. The van der Waals surface area contributed by atoms with Gasteiger partial charge in [-0.2, -0.15) is 4.89 Å². The summed E-state index contributed by atoms with van der Waals surface area (Å²) in [6.07, 6.45) is 3.09. The monoisotopic (exact) mass is 294 g/mol. The fourth-order valence-electron chi connectivity index (χ4n) is 2.38. The molecule has 1 aliphatic rings. The Morgan fingerprint density at radius 2 is 1.95 bits per heavy atom. The van der Waals surface area contributed by atoms with E-state index in [0.717, 1.165) is 12.0 Å². The molecule has 2 rings (SSSR count). The third kappa shape index (κ3) is 4.04. The first-order valence-corrected chi connectivity index (χ1v) is 7.09. The summed E-state index contributed by atoms with van der Waals surface area (Å²) in [5.74, 6) is 0.713. The first kappa shape index (κ1) is 16.0. The predicted octanol–water partition coefficient (Wildman–Crippen LogP) is 2.23. The van der Waals surface area contributed by atoms with Crippen molar-refractivity contribution in [1.29, 1.82) is 0 Å². The molecule has 2 N–H and O–H groups in total. The zero-order valence-corrected chi connectivity index (χ0v) is 12.2. The van der Waals surface area contributed by atoms with Crippen molar-refractivity contribution in [2.45, 2.75) is 39.3 Å². The number of aryl methyl sites for hydroxylation is 1. The number of benzene rings is 1. The second-order valence-corrected chi connectivity index (χ2v) is 5.24. The van der Waals surface area contributed by atoms with Crippen LogP contribution in [-0.4, -0.2) is 23.1 Å². The third-order valence-corrected chi connectivity index (χ3v) is 3.57. The van der Waals surface area contributed by atoms with Gasteiger partial charge < -0.3 is 19.8 Å². The number of rotatable bonds is 6. The Labute approximate surface area is 124 Å². The second kappa shape index (κ2) is 7.56. The van der Waals surface area contributed by atoms with E-state index in [4.69, 9.17) is 14.5 Å². The summed E-state index contributed by atoms with van der Waals surface area (Å²) >= 11 is 0. The summed E-state index contributed by atoms with van der Waals surface area (Å²) in [5, 5.41) is 18.8. The SMILES string of the molecule is C=CC1CCC(OOc2c(CO)cc(C)cc2CO)OC1. The first-order valence-electron chi connectivity index (χ1n) is 7.09.